The van der Waals surface area contributed by atoms with Gasteiger partial charge in [-0.3, -0.25) is 9.50 Å². The molecule has 0 saturated carbocycles. The van der Waals surface area contributed by atoms with Gasteiger partial charge in [0.25, 0.3) is 5.91 Å². The van der Waals surface area contributed by atoms with E-state index in [1.165, 1.54) is 3.58 Å². The van der Waals surface area contributed by atoms with E-state index in [1.807, 2.05) is 75.6 Å². The summed E-state index contributed by atoms with van der Waals surface area (Å²) in [5, 5.41) is 12.8. The van der Waals surface area contributed by atoms with Gasteiger partial charge in [-0.25, -0.2) is 0 Å². The summed E-state index contributed by atoms with van der Waals surface area (Å²) in [6.07, 6.45) is 0. The van der Waals surface area contributed by atoms with Crippen molar-refractivity contribution >= 4 is 59.1 Å². The van der Waals surface area contributed by atoms with Gasteiger partial charge in [0.15, 0.2) is 0 Å². The van der Waals surface area contributed by atoms with Crippen molar-refractivity contribution < 1.29 is 19.4 Å². The van der Waals surface area contributed by atoms with Crippen molar-refractivity contribution in [2.24, 2.45) is 0 Å². The second kappa shape index (κ2) is 21.0. The van der Waals surface area contributed by atoms with Gasteiger partial charge in [0.1, 0.15) is 0 Å². The van der Waals surface area contributed by atoms with Crippen LogP contribution in [0.3, 0.4) is 0 Å². The number of nitrogens with zero attached hydrogens (tertiary/aromatic N) is 2. The SMILES string of the molecule is CN(C)CCNC(=O)c1cccc(I)c1.CO.F.[CH3][Sn][c]1cccc(C(=O)NCCN(C)C)c1. The zero-order valence-electron chi connectivity index (χ0n) is 20.9. The molecule has 2 rings (SSSR count). The Kier molecular flexibility index (Phi) is 21.6. The zero-order valence-corrected chi connectivity index (χ0v) is 25.9. The standard InChI is InChI=1S/C11H15IN2O.C11H15N2O.CH4O.CH3.FH.Sn/c1-14(2)7-6-13-11(15)9-4-3-5-10(12)8-9;1-13(2)9-8-12-11(14)10-6-4-3-5-7-10;1-2;;;/h3-5,8H,6-7H2,1-2H3,(H,13,15);3-4,6-7H,8-9H2,1-2H3,(H,12,14);2H,1H3;1H3;1H;. The van der Waals surface area contributed by atoms with Gasteiger partial charge >= 0.3 is 108 Å². The fraction of sp³-hybridized carbons (Fsp3) is 0.417. The molecule has 2 aromatic carbocycles. The number of aliphatic hydroxyl groups is 1. The number of halogens is 2. The van der Waals surface area contributed by atoms with Crippen LogP contribution >= 0.6 is 22.6 Å². The summed E-state index contributed by atoms with van der Waals surface area (Å²) in [7, 11) is 8.96. The van der Waals surface area contributed by atoms with Crippen molar-refractivity contribution in [1.82, 2.24) is 20.4 Å². The third kappa shape index (κ3) is 16.4. The van der Waals surface area contributed by atoms with Gasteiger partial charge in [-0.2, -0.15) is 0 Å². The third-order valence-corrected chi connectivity index (χ3v) is 7.40. The van der Waals surface area contributed by atoms with Crippen LogP contribution < -0.4 is 14.2 Å². The average molecular weight is 695 g/mol. The minimum atomic E-state index is -0.438. The van der Waals surface area contributed by atoms with Crippen LogP contribution in [0.25, 0.3) is 0 Å². The minimum absolute atomic E-state index is 0. The molecule has 3 N–H and O–H groups in total. The van der Waals surface area contributed by atoms with Gasteiger partial charge in [-0.1, -0.05) is 6.07 Å². The molecule has 0 fully saturated rings. The maximum atomic E-state index is 11.8. The van der Waals surface area contributed by atoms with E-state index in [1.54, 1.807) is 0 Å². The Morgan fingerprint density at radius 3 is 1.71 bits per heavy atom. The normalized spacial score (nSPS) is 9.71. The summed E-state index contributed by atoms with van der Waals surface area (Å²) in [5.41, 5.74) is 1.51. The van der Waals surface area contributed by atoms with Gasteiger partial charge in [-0.05, 0) is 54.9 Å². The van der Waals surface area contributed by atoms with Crippen molar-refractivity contribution in [3.05, 3.63) is 63.2 Å². The molecule has 0 spiro atoms. The first-order valence-corrected chi connectivity index (χ1v) is 15.9. The molecule has 2 radical (unpaired) electrons. The van der Waals surface area contributed by atoms with Crippen LogP contribution in [0.2, 0.25) is 4.94 Å². The van der Waals surface area contributed by atoms with E-state index in [-0.39, 0.29) is 16.5 Å². The number of hydrogen-bond donors (Lipinski definition) is 3. The maximum absolute atomic E-state index is 11.8. The Labute approximate surface area is 227 Å². The average Bonchev–Trinajstić information content (AvgIpc) is 2.80. The summed E-state index contributed by atoms with van der Waals surface area (Å²) in [4.78, 5) is 29.8. The summed E-state index contributed by atoms with van der Waals surface area (Å²) in [5.74, 6) is 0.0342. The van der Waals surface area contributed by atoms with Gasteiger partial charge in [0, 0.05) is 29.3 Å². The molecule has 190 valence electrons. The number of carbonyl (C=O) groups excluding carboxylic acids is 2. The molecule has 0 aromatic heterocycles. The predicted molar refractivity (Wildman–Crippen MR) is 149 cm³/mol. The van der Waals surface area contributed by atoms with Crippen molar-refractivity contribution in [1.29, 1.82) is 0 Å². The molecule has 0 aliphatic carbocycles. The second-order valence-electron chi connectivity index (χ2n) is 7.46. The van der Waals surface area contributed by atoms with Crippen LogP contribution in [0.4, 0.5) is 4.70 Å². The third-order valence-electron chi connectivity index (χ3n) is 4.19. The topological polar surface area (TPSA) is 84.9 Å². The predicted octanol–water partition coefficient (Wildman–Crippen LogP) is 1.70. The van der Waals surface area contributed by atoms with E-state index >= 15 is 0 Å². The van der Waals surface area contributed by atoms with Crippen LogP contribution in [-0.2, 0) is 0 Å². The summed E-state index contributed by atoms with van der Waals surface area (Å²) in [6, 6.07) is 15.6. The Hall–Kier alpha value is -1.28. The van der Waals surface area contributed by atoms with Gasteiger partial charge < -0.3 is 15.3 Å². The number of amides is 2. The summed E-state index contributed by atoms with van der Waals surface area (Å²) in [6.45, 7) is 3.10. The van der Waals surface area contributed by atoms with Gasteiger partial charge in [0.05, 0.1) is 0 Å². The number of hydrogen-bond acceptors (Lipinski definition) is 5. The fourth-order valence-corrected chi connectivity index (χ4v) is 4.59. The van der Waals surface area contributed by atoms with Crippen LogP contribution in [0, 0.1) is 3.57 Å². The number of likely N-dealkylation sites (N-methyl/N-ethyl adjacent to an activating group) is 2. The number of aliphatic hydroxyl groups excluding tert-OH is 1. The van der Waals surface area contributed by atoms with E-state index in [9.17, 15) is 9.59 Å². The molecule has 0 aliphatic heterocycles. The Bertz CT molecular complexity index is 841. The van der Waals surface area contributed by atoms with Gasteiger partial charge in [-0.15, -0.1) is 0 Å². The van der Waals surface area contributed by atoms with Crippen molar-refractivity contribution in [3.63, 3.8) is 0 Å². The Morgan fingerprint density at radius 1 is 0.853 bits per heavy atom. The molecular weight excluding hydrogens is 657 g/mol. The first-order valence-electron chi connectivity index (χ1n) is 10.6. The molecule has 2 amide bonds. The molecule has 0 saturated heterocycles. The summed E-state index contributed by atoms with van der Waals surface area (Å²) >= 11 is 1.76. The van der Waals surface area contributed by atoms with Crippen molar-refractivity contribution in [3.8, 4) is 0 Å². The number of nitrogens with one attached hydrogen (secondary N) is 2. The quantitative estimate of drug-likeness (QED) is 0.275. The Balaban J connectivity index is 0. The number of benzene rings is 2. The van der Waals surface area contributed by atoms with E-state index in [0.717, 1.165) is 34.9 Å². The second-order valence-corrected chi connectivity index (χ2v) is 11.8. The molecule has 0 atom stereocenters. The van der Waals surface area contributed by atoms with Crippen LogP contribution in [0.5, 0.6) is 0 Å². The molecule has 0 bridgehead atoms. The fourth-order valence-electron chi connectivity index (χ4n) is 2.44. The molecule has 34 heavy (non-hydrogen) atoms. The first kappa shape index (κ1) is 34.9. The van der Waals surface area contributed by atoms with E-state index in [4.69, 9.17) is 5.11 Å². The zero-order chi connectivity index (χ0) is 25.2. The number of carbonyl (C=O) groups is 2. The Morgan fingerprint density at radius 2 is 1.29 bits per heavy atom. The van der Waals surface area contributed by atoms with E-state index in [0.29, 0.717) is 13.1 Å². The first-order chi connectivity index (χ1) is 15.7. The monoisotopic (exact) mass is 696 g/mol. The molecule has 0 aliphatic rings. The van der Waals surface area contributed by atoms with Crippen LogP contribution in [0.1, 0.15) is 20.7 Å². The molecule has 0 heterocycles. The van der Waals surface area contributed by atoms with E-state index in [2.05, 4.69) is 49.1 Å². The van der Waals surface area contributed by atoms with Crippen LogP contribution in [-0.4, -0.2) is 109 Å². The molecule has 0 unspecified atom stereocenters. The van der Waals surface area contributed by atoms with Crippen LogP contribution in [0.15, 0.2) is 48.5 Å². The molecule has 10 heteroatoms. The van der Waals surface area contributed by atoms with Crippen molar-refractivity contribution in [2.75, 3.05) is 61.5 Å². The van der Waals surface area contributed by atoms with Crippen molar-refractivity contribution in [2.45, 2.75) is 4.94 Å². The van der Waals surface area contributed by atoms with Gasteiger partial charge in [0.2, 0.25) is 0 Å². The molecular formula is C24H38FIN4O3Sn. The summed E-state index contributed by atoms with van der Waals surface area (Å²) < 4.78 is 2.44. The van der Waals surface area contributed by atoms with E-state index < -0.39 is 21.1 Å². The number of rotatable bonds is 9. The molecule has 2 aromatic rings. The molecule has 7 nitrogen and oxygen atoms in total.